The summed E-state index contributed by atoms with van der Waals surface area (Å²) in [6, 6.07) is 193. The van der Waals surface area contributed by atoms with Crippen molar-refractivity contribution in [3.63, 3.8) is 0 Å². The van der Waals surface area contributed by atoms with E-state index < -0.39 is 0 Å². The molecule has 0 N–H and O–H groups in total. The fourth-order valence-corrected chi connectivity index (χ4v) is 27.1. The zero-order chi connectivity index (χ0) is 97.1. The Balaban J connectivity index is 0.665. The summed E-state index contributed by atoms with van der Waals surface area (Å²) in [6.07, 6.45) is 0. The maximum atomic E-state index is 8.16. The summed E-state index contributed by atoms with van der Waals surface area (Å²) in [5.41, 5.74) is 43.4. The first-order valence-electron chi connectivity index (χ1n) is 51.9. The highest BCUT2D eigenvalue weighted by atomic mass is 16.3. The van der Waals surface area contributed by atoms with Crippen molar-refractivity contribution in [1.29, 1.82) is 0 Å². The number of nitrogens with zero attached hydrogens (tertiary/aromatic N) is 4. The molecule has 3 aromatic heterocycles. The zero-order valence-electron chi connectivity index (χ0n) is 80.8. The molecule has 684 valence electrons. The van der Waals surface area contributed by atoms with Crippen molar-refractivity contribution < 1.29 is 4.42 Å². The van der Waals surface area contributed by atoms with E-state index in [-0.39, 0.29) is 13.7 Å². The molecule has 0 spiro atoms. The standard InChI is InChI=1S/C142H84B2N4O/c1-9-37-85(38-10-1)98-69-99(86-39-11-2-12-40-86)72-102(71-98)145-125-83-117-115(81-121(125)143-138-127(145)78-97-55-27-28-56-104(97)134(138)119-76-95-53-25-29-57-105(95)135-111-61-33-35-63-123(111)147(143)140(119)135)132(91-49-21-7-22-50-91)110-68-66-93(75-113(110)133(117)92-51-23-8-24-52-92)94-65-67-107-118-84-128-139-137(142(118)149-129(107)79-94)120-77-96-54-26-30-58-106(96)136-112-62-34-36-64-124(112)148(141(120)136)144(139)122-80-114-116(131(90-47-19-6-20-48-90)109-60-32-31-59-108(109)130(114)89-45-17-5-18-46-89)82-126(122)146(128)103-73-100(87-41-13-3-14-42-87)70-101(74-103)88-43-15-4-16-44-88/h1-84H. The summed E-state index contributed by atoms with van der Waals surface area (Å²) in [7, 11) is 0. The lowest BCUT2D eigenvalue weighted by Crippen LogP contribution is -2.56. The van der Waals surface area contributed by atoms with E-state index in [1.54, 1.807) is 0 Å². The molecule has 0 unspecified atom stereocenters. The normalized spacial score (nSPS) is 12.8. The first-order chi connectivity index (χ1) is 73.9. The zero-order valence-corrected chi connectivity index (χ0v) is 80.8. The van der Waals surface area contributed by atoms with Gasteiger partial charge in [-0.15, -0.1) is 0 Å². The van der Waals surface area contributed by atoms with Crippen molar-refractivity contribution in [2.45, 2.75) is 0 Å². The fraction of sp³-hybridized carbons (Fsp3) is 0. The van der Waals surface area contributed by atoms with Gasteiger partial charge in [0.05, 0.1) is 0 Å². The fourth-order valence-electron chi connectivity index (χ4n) is 27.1. The summed E-state index contributed by atoms with van der Waals surface area (Å²) in [5, 5.41) is 23.8. The van der Waals surface area contributed by atoms with Gasteiger partial charge in [0.2, 0.25) is 0 Å². The maximum Gasteiger partial charge on any atom is 0.333 e. The second-order valence-electron chi connectivity index (χ2n) is 41.0. The van der Waals surface area contributed by atoms with Gasteiger partial charge in [-0.2, -0.15) is 0 Å². The van der Waals surface area contributed by atoms with E-state index in [0.717, 1.165) is 161 Å². The molecule has 5 nitrogen and oxygen atoms in total. The molecule has 0 atom stereocenters. The average molecular weight is 1880 g/mol. The second kappa shape index (κ2) is 31.6. The number of aromatic nitrogens is 2. The molecular weight excluding hydrogens is 1800 g/mol. The summed E-state index contributed by atoms with van der Waals surface area (Å²) in [5.74, 6) is 0. The minimum Gasteiger partial charge on any atom is -0.455 e. The Morgan fingerprint density at radius 1 is 0.174 bits per heavy atom. The lowest BCUT2D eigenvalue weighted by Gasteiger charge is -2.41. The van der Waals surface area contributed by atoms with E-state index in [1.807, 2.05) is 0 Å². The van der Waals surface area contributed by atoms with Gasteiger partial charge in [0.1, 0.15) is 11.2 Å². The van der Waals surface area contributed by atoms with E-state index in [4.69, 9.17) is 4.42 Å². The summed E-state index contributed by atoms with van der Waals surface area (Å²) in [4.78, 5) is 5.34. The van der Waals surface area contributed by atoms with Crippen LogP contribution >= 0.6 is 0 Å². The molecule has 29 aromatic rings. The van der Waals surface area contributed by atoms with E-state index in [0.29, 0.717) is 0 Å². The van der Waals surface area contributed by atoms with Crippen LogP contribution in [0.4, 0.5) is 34.1 Å². The lowest BCUT2D eigenvalue weighted by atomic mass is 9.44. The molecule has 26 aromatic carbocycles. The molecule has 0 fully saturated rings. The van der Waals surface area contributed by atoms with Crippen molar-refractivity contribution in [3.05, 3.63) is 510 Å². The van der Waals surface area contributed by atoms with Crippen LogP contribution in [0.15, 0.2) is 514 Å². The molecule has 0 bridgehead atoms. The van der Waals surface area contributed by atoms with Crippen LogP contribution in [0.5, 0.6) is 0 Å². The van der Waals surface area contributed by atoms with Crippen molar-refractivity contribution in [3.8, 4) is 122 Å². The molecule has 33 rings (SSSR count). The number of para-hydroxylation sites is 2. The Hall–Kier alpha value is -19.3. The molecule has 0 radical (unpaired) electrons. The molecule has 0 amide bonds. The SMILES string of the molecule is c1ccc(-c2cc(-c3ccccc3)cc(N3c4cc5c(-c6ccccc6)c6cc(-c7ccc8c(c7)oc7c9c%10c(cc78)N(c7cc(-c8ccccc8)cc(-c8ccccc8)c7)c7cc8c(-c%11ccccc%11)c%11ccccc%11c(-c%11ccccc%11)c8cc7B%10n7c8ccccc8c8c%10ccccc%10cc-9c87)ccc6c(-c6ccccc6)c5cc4B4c5c3cc3ccccc3c5-c3cc5ccccc5c5c6ccccc6n4c35)c2)cc1. The molecule has 7 heterocycles. The Morgan fingerprint density at radius 2 is 0.483 bits per heavy atom. The van der Waals surface area contributed by atoms with Crippen molar-refractivity contribution in [1.82, 2.24) is 8.96 Å². The number of hydrogen-bond donors (Lipinski definition) is 0. The van der Waals surface area contributed by atoms with Gasteiger partial charge in [0, 0.05) is 105 Å². The molecule has 4 aliphatic heterocycles. The van der Waals surface area contributed by atoms with Crippen LogP contribution in [0.3, 0.4) is 0 Å². The van der Waals surface area contributed by atoms with E-state index >= 15 is 0 Å². The van der Waals surface area contributed by atoms with E-state index in [2.05, 4.69) is 528 Å². The summed E-state index contributed by atoms with van der Waals surface area (Å²) in [6.45, 7) is -0.658. The summed E-state index contributed by atoms with van der Waals surface area (Å²) >= 11 is 0. The van der Waals surface area contributed by atoms with E-state index in [9.17, 15) is 0 Å². The highest BCUT2D eigenvalue weighted by Gasteiger charge is 2.48. The topological polar surface area (TPSA) is 29.5 Å². The minimum absolute atomic E-state index is 0.284. The number of rotatable bonds is 11. The number of fused-ring (bicyclic) bond motifs is 28. The van der Waals surface area contributed by atoms with Crippen LogP contribution < -0.4 is 31.7 Å². The van der Waals surface area contributed by atoms with Gasteiger partial charge in [0.15, 0.2) is 0 Å². The van der Waals surface area contributed by atoms with Crippen LogP contribution in [0.2, 0.25) is 0 Å². The Kier molecular flexibility index (Phi) is 17.4. The predicted molar refractivity (Wildman–Crippen MR) is 632 cm³/mol. The maximum absolute atomic E-state index is 8.16. The lowest BCUT2D eigenvalue weighted by molar-refractivity contribution is 0.670. The van der Waals surface area contributed by atoms with Crippen molar-refractivity contribution in [2.75, 3.05) is 9.80 Å². The van der Waals surface area contributed by atoms with Crippen LogP contribution in [-0.4, -0.2) is 22.7 Å². The highest BCUT2D eigenvalue weighted by molar-refractivity contribution is 6.92. The number of furan rings is 1. The predicted octanol–water partition coefficient (Wildman–Crippen LogP) is 35.7. The van der Waals surface area contributed by atoms with Crippen LogP contribution in [0.1, 0.15) is 0 Å². The van der Waals surface area contributed by atoms with Crippen LogP contribution in [-0.2, 0) is 0 Å². The van der Waals surface area contributed by atoms with E-state index in [1.165, 1.54) is 158 Å². The van der Waals surface area contributed by atoms with Gasteiger partial charge >= 0.3 is 13.7 Å². The number of benzene rings is 26. The third-order valence-electron chi connectivity index (χ3n) is 33.2. The molecule has 7 heteroatoms. The van der Waals surface area contributed by atoms with Crippen molar-refractivity contribution >= 4 is 211 Å². The largest absolute Gasteiger partial charge is 0.455 e. The molecule has 4 aliphatic rings. The first-order valence-corrected chi connectivity index (χ1v) is 51.9. The quantitative estimate of drug-likeness (QED) is 0.0955. The summed E-state index contributed by atoms with van der Waals surface area (Å²) < 4.78 is 13.7. The van der Waals surface area contributed by atoms with Gasteiger partial charge in [-0.25, -0.2) is 0 Å². The van der Waals surface area contributed by atoms with Gasteiger partial charge in [-0.05, 0) is 306 Å². The van der Waals surface area contributed by atoms with Gasteiger partial charge in [-0.1, -0.05) is 406 Å². The molecule has 149 heavy (non-hydrogen) atoms. The van der Waals surface area contributed by atoms with Crippen molar-refractivity contribution in [2.24, 2.45) is 0 Å². The highest BCUT2D eigenvalue weighted by Crippen LogP contribution is 2.59. The monoisotopic (exact) mass is 1880 g/mol. The smallest absolute Gasteiger partial charge is 0.333 e. The van der Waals surface area contributed by atoms with Gasteiger partial charge in [0.25, 0.3) is 0 Å². The Bertz CT molecular complexity index is 10800. The minimum atomic E-state index is -0.373. The third kappa shape index (κ3) is 11.9. The molecule has 0 saturated heterocycles. The number of anilines is 6. The molecule has 0 aliphatic carbocycles. The Morgan fingerprint density at radius 3 is 0.913 bits per heavy atom. The first kappa shape index (κ1) is 82.1. The van der Waals surface area contributed by atoms with Crippen LogP contribution in [0.25, 0.3) is 263 Å². The molecular formula is C142H84B2N4O. The molecule has 0 saturated carbocycles. The Labute approximate surface area is 859 Å². The van der Waals surface area contributed by atoms with Gasteiger partial charge in [-0.3, -0.25) is 0 Å². The second-order valence-corrected chi connectivity index (χ2v) is 41.0. The van der Waals surface area contributed by atoms with Gasteiger partial charge < -0.3 is 23.2 Å². The number of hydrogen-bond acceptors (Lipinski definition) is 3. The average Bonchev–Trinajstić information content (AvgIpc) is 1.52. The van der Waals surface area contributed by atoms with Crippen LogP contribution in [0, 0.1) is 0 Å². The third-order valence-corrected chi connectivity index (χ3v) is 33.2.